The summed E-state index contributed by atoms with van der Waals surface area (Å²) in [6.45, 7) is 7.94. The Hall–Kier alpha value is -0.860. The Bertz CT molecular complexity index is 371. The second-order valence-electron chi connectivity index (χ2n) is 5.64. The molecule has 3 atom stereocenters. The molecule has 2 nitrogen and oxygen atoms in total. The molecule has 1 heterocycles. The highest BCUT2D eigenvalue weighted by molar-refractivity contribution is 5.25. The Morgan fingerprint density at radius 3 is 2.56 bits per heavy atom. The fourth-order valence-corrected chi connectivity index (χ4v) is 3.03. The number of nitrogens with zero attached hydrogens (tertiary/aromatic N) is 1. The van der Waals surface area contributed by atoms with Gasteiger partial charge in [0.15, 0.2) is 0 Å². The molecule has 1 saturated heterocycles. The van der Waals surface area contributed by atoms with Crippen LogP contribution in [0.3, 0.4) is 0 Å². The van der Waals surface area contributed by atoms with Crippen LogP contribution in [0.2, 0.25) is 0 Å². The van der Waals surface area contributed by atoms with Crippen LogP contribution in [-0.4, -0.2) is 23.5 Å². The maximum absolute atomic E-state index is 6.04. The van der Waals surface area contributed by atoms with E-state index >= 15 is 0 Å². The number of hydrogen-bond donors (Lipinski definition) is 1. The summed E-state index contributed by atoms with van der Waals surface area (Å²) < 4.78 is 0. The van der Waals surface area contributed by atoms with Crippen LogP contribution in [0.5, 0.6) is 0 Å². The first kappa shape index (κ1) is 13.6. The Morgan fingerprint density at radius 2 is 2.00 bits per heavy atom. The van der Waals surface area contributed by atoms with E-state index in [1.54, 1.807) is 0 Å². The van der Waals surface area contributed by atoms with E-state index in [9.17, 15) is 0 Å². The summed E-state index contributed by atoms with van der Waals surface area (Å²) in [5.74, 6) is 0. The zero-order valence-corrected chi connectivity index (χ0v) is 11.9. The Morgan fingerprint density at radius 1 is 1.33 bits per heavy atom. The minimum atomic E-state index is 0.394. The molecule has 18 heavy (non-hydrogen) atoms. The van der Waals surface area contributed by atoms with E-state index in [-0.39, 0.29) is 0 Å². The SMILES string of the molecule is CCc1ccc(C(C)N2CCC(N)CC2C)cc1. The number of nitrogens with two attached hydrogens (primary N) is 1. The molecule has 1 fully saturated rings. The molecule has 100 valence electrons. The lowest BCUT2D eigenvalue weighted by Gasteiger charge is -2.40. The van der Waals surface area contributed by atoms with Crippen molar-refractivity contribution < 1.29 is 0 Å². The smallest absolute Gasteiger partial charge is 0.0322 e. The third-order valence-electron chi connectivity index (χ3n) is 4.34. The molecule has 0 bridgehead atoms. The van der Waals surface area contributed by atoms with E-state index in [0.717, 1.165) is 25.8 Å². The molecular formula is C16H26N2. The van der Waals surface area contributed by atoms with Crippen molar-refractivity contribution in [2.75, 3.05) is 6.54 Å². The molecule has 3 unspecified atom stereocenters. The van der Waals surface area contributed by atoms with Gasteiger partial charge in [0.25, 0.3) is 0 Å². The summed E-state index contributed by atoms with van der Waals surface area (Å²) in [5.41, 5.74) is 8.88. The molecule has 1 aliphatic rings. The maximum Gasteiger partial charge on any atom is 0.0322 e. The minimum Gasteiger partial charge on any atom is -0.328 e. The third-order valence-corrected chi connectivity index (χ3v) is 4.34. The van der Waals surface area contributed by atoms with E-state index in [0.29, 0.717) is 18.1 Å². The molecule has 0 spiro atoms. The molecule has 0 radical (unpaired) electrons. The topological polar surface area (TPSA) is 29.3 Å². The van der Waals surface area contributed by atoms with Crippen molar-refractivity contribution in [1.29, 1.82) is 0 Å². The number of benzene rings is 1. The van der Waals surface area contributed by atoms with Crippen molar-refractivity contribution in [2.24, 2.45) is 5.73 Å². The highest BCUT2D eigenvalue weighted by Gasteiger charge is 2.27. The van der Waals surface area contributed by atoms with Gasteiger partial charge in [-0.05, 0) is 44.2 Å². The fraction of sp³-hybridized carbons (Fsp3) is 0.625. The van der Waals surface area contributed by atoms with Gasteiger partial charge in [0, 0.05) is 24.7 Å². The number of likely N-dealkylation sites (tertiary alicyclic amines) is 1. The fourth-order valence-electron chi connectivity index (χ4n) is 3.03. The lowest BCUT2D eigenvalue weighted by Crippen LogP contribution is -2.46. The van der Waals surface area contributed by atoms with Crippen molar-refractivity contribution in [3.8, 4) is 0 Å². The van der Waals surface area contributed by atoms with Gasteiger partial charge in [0.05, 0.1) is 0 Å². The van der Waals surface area contributed by atoms with Gasteiger partial charge in [0.1, 0.15) is 0 Å². The van der Waals surface area contributed by atoms with Gasteiger partial charge in [-0.1, -0.05) is 31.2 Å². The minimum absolute atomic E-state index is 0.394. The van der Waals surface area contributed by atoms with Gasteiger partial charge in [-0.3, -0.25) is 4.90 Å². The Kier molecular flexibility index (Phi) is 4.41. The maximum atomic E-state index is 6.04. The summed E-state index contributed by atoms with van der Waals surface area (Å²) in [4.78, 5) is 2.59. The van der Waals surface area contributed by atoms with E-state index in [1.807, 2.05) is 0 Å². The first-order valence-electron chi connectivity index (χ1n) is 7.22. The second-order valence-corrected chi connectivity index (χ2v) is 5.64. The predicted octanol–water partition coefficient (Wildman–Crippen LogP) is 3.12. The molecule has 0 saturated carbocycles. The van der Waals surface area contributed by atoms with Gasteiger partial charge in [-0.2, -0.15) is 0 Å². The van der Waals surface area contributed by atoms with E-state index < -0.39 is 0 Å². The van der Waals surface area contributed by atoms with E-state index in [2.05, 4.69) is 49.9 Å². The molecule has 2 rings (SSSR count). The van der Waals surface area contributed by atoms with Crippen LogP contribution in [0.4, 0.5) is 0 Å². The van der Waals surface area contributed by atoms with E-state index in [1.165, 1.54) is 11.1 Å². The van der Waals surface area contributed by atoms with Gasteiger partial charge >= 0.3 is 0 Å². The van der Waals surface area contributed by atoms with Crippen LogP contribution >= 0.6 is 0 Å². The molecule has 1 aromatic carbocycles. The normalized spacial score (nSPS) is 27.1. The van der Waals surface area contributed by atoms with Crippen molar-refractivity contribution in [3.63, 3.8) is 0 Å². The average Bonchev–Trinajstić information content (AvgIpc) is 2.38. The highest BCUT2D eigenvalue weighted by atomic mass is 15.2. The lowest BCUT2D eigenvalue weighted by molar-refractivity contribution is 0.104. The van der Waals surface area contributed by atoms with Crippen LogP contribution in [0, 0.1) is 0 Å². The quantitative estimate of drug-likeness (QED) is 0.888. The van der Waals surface area contributed by atoms with Crippen molar-refractivity contribution in [2.45, 2.75) is 58.2 Å². The molecule has 2 N–H and O–H groups in total. The highest BCUT2D eigenvalue weighted by Crippen LogP contribution is 2.27. The summed E-state index contributed by atoms with van der Waals surface area (Å²) >= 11 is 0. The van der Waals surface area contributed by atoms with Crippen LogP contribution in [0.15, 0.2) is 24.3 Å². The van der Waals surface area contributed by atoms with Gasteiger partial charge in [-0.25, -0.2) is 0 Å². The molecular weight excluding hydrogens is 220 g/mol. The van der Waals surface area contributed by atoms with Crippen LogP contribution in [0.25, 0.3) is 0 Å². The van der Waals surface area contributed by atoms with Crippen molar-refractivity contribution >= 4 is 0 Å². The monoisotopic (exact) mass is 246 g/mol. The first-order valence-corrected chi connectivity index (χ1v) is 7.22. The molecule has 0 aliphatic carbocycles. The lowest BCUT2D eigenvalue weighted by atomic mass is 9.95. The first-order chi connectivity index (χ1) is 8.61. The van der Waals surface area contributed by atoms with Crippen molar-refractivity contribution in [3.05, 3.63) is 35.4 Å². The van der Waals surface area contributed by atoms with Crippen LogP contribution in [-0.2, 0) is 6.42 Å². The average molecular weight is 246 g/mol. The number of hydrogen-bond acceptors (Lipinski definition) is 2. The Labute approximate surface area is 111 Å². The predicted molar refractivity (Wildman–Crippen MR) is 77.6 cm³/mol. The summed E-state index contributed by atoms with van der Waals surface area (Å²) in [6, 6.07) is 10.6. The molecule has 2 heteroatoms. The molecule has 0 aromatic heterocycles. The van der Waals surface area contributed by atoms with Gasteiger partial charge in [0.2, 0.25) is 0 Å². The van der Waals surface area contributed by atoms with E-state index in [4.69, 9.17) is 5.73 Å². The molecule has 0 amide bonds. The standard InChI is InChI=1S/C16H26N2/c1-4-14-5-7-15(8-6-14)13(3)18-10-9-16(17)11-12(18)2/h5-8,12-13,16H,4,9-11,17H2,1-3H3. The third kappa shape index (κ3) is 2.93. The largest absolute Gasteiger partial charge is 0.328 e. The number of aryl methyl sites for hydroxylation is 1. The van der Waals surface area contributed by atoms with Gasteiger partial charge in [-0.15, -0.1) is 0 Å². The van der Waals surface area contributed by atoms with Crippen LogP contribution < -0.4 is 5.73 Å². The second kappa shape index (κ2) is 5.85. The zero-order valence-electron chi connectivity index (χ0n) is 11.9. The Balaban J connectivity index is 2.07. The summed E-state index contributed by atoms with van der Waals surface area (Å²) in [6.07, 6.45) is 3.36. The zero-order chi connectivity index (χ0) is 13.1. The molecule has 1 aliphatic heterocycles. The van der Waals surface area contributed by atoms with Crippen LogP contribution in [0.1, 0.15) is 50.8 Å². The number of rotatable bonds is 3. The number of piperidine rings is 1. The van der Waals surface area contributed by atoms with Crippen molar-refractivity contribution in [1.82, 2.24) is 4.90 Å². The summed E-state index contributed by atoms with van der Waals surface area (Å²) in [7, 11) is 0. The summed E-state index contributed by atoms with van der Waals surface area (Å²) in [5, 5.41) is 0. The molecule has 1 aromatic rings. The van der Waals surface area contributed by atoms with Gasteiger partial charge < -0.3 is 5.73 Å².